The third kappa shape index (κ3) is 2.24. The summed E-state index contributed by atoms with van der Waals surface area (Å²) < 4.78 is 19.7. The van der Waals surface area contributed by atoms with E-state index >= 15 is 0 Å². The van der Waals surface area contributed by atoms with Gasteiger partial charge in [-0.3, -0.25) is 0 Å². The Balaban J connectivity index is 2.19. The summed E-state index contributed by atoms with van der Waals surface area (Å²) in [6.07, 6.45) is 2.02. The lowest BCUT2D eigenvalue weighted by molar-refractivity contribution is -0.136. The van der Waals surface area contributed by atoms with Crippen LogP contribution in [-0.4, -0.2) is 27.8 Å². The van der Waals surface area contributed by atoms with Gasteiger partial charge in [0, 0.05) is 5.70 Å². The first kappa shape index (κ1) is 14.2. The number of allylic oxidation sites excluding steroid dienone is 1. The Kier molecular flexibility index (Phi) is 3.62. The number of benzene rings is 1. The normalized spacial score (nSPS) is 17.0. The molecule has 3 rings (SSSR count). The van der Waals surface area contributed by atoms with Gasteiger partial charge in [0.15, 0.2) is 0 Å². The smallest absolute Gasteiger partial charge is 0.338 e. The van der Waals surface area contributed by atoms with E-state index in [0.717, 1.165) is 11.3 Å². The highest BCUT2D eigenvalue weighted by Crippen LogP contribution is 2.36. The first-order chi connectivity index (χ1) is 10.7. The molecule has 7 heteroatoms. The van der Waals surface area contributed by atoms with E-state index in [4.69, 9.17) is 4.74 Å². The van der Waals surface area contributed by atoms with E-state index in [9.17, 15) is 9.18 Å². The fraction of sp³-hybridized carbons (Fsp3) is 0.267. The van der Waals surface area contributed by atoms with Crippen LogP contribution < -0.4 is 5.32 Å². The lowest BCUT2D eigenvalue weighted by atomic mass is 9.94. The molecule has 6 nitrogen and oxygen atoms in total. The van der Waals surface area contributed by atoms with E-state index in [2.05, 4.69) is 15.4 Å². The number of nitrogens with one attached hydrogen (secondary N) is 1. The molecule has 0 bridgehead atoms. The first-order valence-electron chi connectivity index (χ1n) is 6.89. The average Bonchev–Trinajstić information content (AvgIpc) is 3.01. The van der Waals surface area contributed by atoms with E-state index in [1.165, 1.54) is 25.6 Å². The Labute approximate surface area is 126 Å². The van der Waals surface area contributed by atoms with Crippen LogP contribution in [0.4, 0.5) is 10.3 Å². The van der Waals surface area contributed by atoms with Gasteiger partial charge in [-0.1, -0.05) is 19.1 Å². The third-order valence-electron chi connectivity index (χ3n) is 3.62. The number of nitrogens with zero attached hydrogens (tertiary/aromatic N) is 3. The van der Waals surface area contributed by atoms with E-state index in [-0.39, 0.29) is 5.82 Å². The molecule has 1 aromatic carbocycles. The number of fused-ring (bicyclic) bond motifs is 1. The lowest BCUT2D eigenvalue weighted by Crippen LogP contribution is -2.30. The molecule has 0 amide bonds. The fourth-order valence-corrected chi connectivity index (χ4v) is 2.59. The highest BCUT2D eigenvalue weighted by atomic mass is 19.1. The van der Waals surface area contributed by atoms with Crippen molar-refractivity contribution in [1.82, 2.24) is 14.8 Å². The zero-order chi connectivity index (χ0) is 15.7. The van der Waals surface area contributed by atoms with Crippen molar-refractivity contribution < 1.29 is 13.9 Å². The number of methoxy groups -OCH3 is 1. The molecule has 0 spiro atoms. The summed E-state index contributed by atoms with van der Waals surface area (Å²) in [6.45, 7) is 1.93. The third-order valence-corrected chi connectivity index (χ3v) is 3.62. The second kappa shape index (κ2) is 5.59. The summed E-state index contributed by atoms with van der Waals surface area (Å²) in [6, 6.07) is 5.48. The second-order valence-corrected chi connectivity index (χ2v) is 4.84. The minimum Gasteiger partial charge on any atom is -0.466 e. The summed E-state index contributed by atoms with van der Waals surface area (Å²) in [5.74, 6) is -0.241. The van der Waals surface area contributed by atoms with Crippen LogP contribution in [0.25, 0.3) is 0 Å². The van der Waals surface area contributed by atoms with Gasteiger partial charge in [0.05, 0.1) is 12.7 Å². The molecular weight excluding hydrogens is 287 g/mol. The molecular formula is C15H15FN4O2. The van der Waals surface area contributed by atoms with Gasteiger partial charge < -0.3 is 10.1 Å². The minimum absolute atomic E-state index is 0.337. The molecule has 114 valence electrons. The molecule has 0 saturated heterocycles. The van der Waals surface area contributed by atoms with Gasteiger partial charge in [-0.15, -0.1) is 0 Å². The lowest BCUT2D eigenvalue weighted by Gasteiger charge is -2.28. The molecule has 1 aromatic heterocycles. The molecule has 0 aliphatic carbocycles. The number of hydrogen-bond acceptors (Lipinski definition) is 5. The zero-order valence-electron chi connectivity index (χ0n) is 12.2. The number of aromatic nitrogens is 3. The number of esters is 1. The van der Waals surface area contributed by atoms with Gasteiger partial charge in [0.2, 0.25) is 5.95 Å². The Hall–Kier alpha value is -2.70. The topological polar surface area (TPSA) is 69.0 Å². The molecule has 0 unspecified atom stereocenters. The van der Waals surface area contributed by atoms with Crippen LogP contribution in [0, 0.1) is 5.82 Å². The van der Waals surface area contributed by atoms with Crippen molar-refractivity contribution >= 4 is 11.9 Å². The number of rotatable bonds is 3. The Bertz CT molecular complexity index is 736. The number of ether oxygens (including phenoxy) is 1. The van der Waals surface area contributed by atoms with Crippen molar-refractivity contribution in [2.75, 3.05) is 12.4 Å². The Morgan fingerprint density at radius 2 is 2.14 bits per heavy atom. The molecule has 1 atom stereocenters. The van der Waals surface area contributed by atoms with Crippen molar-refractivity contribution in [3.05, 3.63) is 53.2 Å². The van der Waals surface area contributed by atoms with Crippen LogP contribution in [0.15, 0.2) is 41.9 Å². The predicted molar refractivity (Wildman–Crippen MR) is 77.5 cm³/mol. The summed E-state index contributed by atoms with van der Waals surface area (Å²) in [4.78, 5) is 16.4. The fourth-order valence-electron chi connectivity index (χ4n) is 2.59. The molecule has 1 aliphatic rings. The largest absolute Gasteiger partial charge is 0.466 e. The van der Waals surface area contributed by atoms with E-state index in [1.54, 1.807) is 16.8 Å². The quantitative estimate of drug-likeness (QED) is 0.881. The number of anilines is 1. The molecule has 1 aliphatic heterocycles. The van der Waals surface area contributed by atoms with E-state index in [1.807, 2.05) is 6.92 Å². The molecule has 22 heavy (non-hydrogen) atoms. The van der Waals surface area contributed by atoms with Crippen molar-refractivity contribution in [2.45, 2.75) is 19.4 Å². The van der Waals surface area contributed by atoms with Gasteiger partial charge in [0.25, 0.3) is 0 Å². The maximum absolute atomic E-state index is 13.2. The molecule has 0 fully saturated rings. The van der Waals surface area contributed by atoms with Crippen LogP contribution in [0.5, 0.6) is 0 Å². The van der Waals surface area contributed by atoms with Crippen LogP contribution in [-0.2, 0) is 9.53 Å². The Morgan fingerprint density at radius 1 is 1.41 bits per heavy atom. The van der Waals surface area contributed by atoms with E-state index < -0.39 is 12.0 Å². The minimum atomic E-state index is -0.498. The summed E-state index contributed by atoms with van der Waals surface area (Å²) >= 11 is 0. The van der Waals surface area contributed by atoms with Gasteiger partial charge in [-0.25, -0.2) is 13.9 Å². The molecule has 2 aromatic rings. The maximum Gasteiger partial charge on any atom is 0.338 e. The van der Waals surface area contributed by atoms with E-state index in [0.29, 0.717) is 17.9 Å². The van der Waals surface area contributed by atoms with Gasteiger partial charge in [-0.2, -0.15) is 10.1 Å². The van der Waals surface area contributed by atoms with Gasteiger partial charge in [-0.05, 0) is 24.1 Å². The average molecular weight is 302 g/mol. The SMILES string of the molecule is CCC1=C(C(=O)OC)[C@@H](c2ccc(F)cc2)n2ncnc2N1. The summed E-state index contributed by atoms with van der Waals surface area (Å²) in [5.41, 5.74) is 1.91. The van der Waals surface area contributed by atoms with Crippen molar-refractivity contribution in [1.29, 1.82) is 0 Å². The van der Waals surface area contributed by atoms with Crippen LogP contribution in [0.1, 0.15) is 24.9 Å². The molecule has 2 heterocycles. The number of halogens is 1. The molecule has 0 radical (unpaired) electrons. The highest BCUT2D eigenvalue weighted by Gasteiger charge is 2.34. The van der Waals surface area contributed by atoms with Crippen LogP contribution >= 0.6 is 0 Å². The number of hydrogen-bond donors (Lipinski definition) is 1. The van der Waals surface area contributed by atoms with Crippen molar-refractivity contribution in [2.24, 2.45) is 0 Å². The standard InChI is InChI=1S/C15H15FN4O2/c1-3-11-12(14(21)22-2)13(9-4-6-10(16)7-5-9)20-15(19-11)17-8-18-20/h4-8,13H,3H2,1-2H3,(H,17,18,19)/t13-/m1/s1. The first-order valence-corrected chi connectivity index (χ1v) is 6.89. The summed E-state index contributed by atoms with van der Waals surface area (Å²) in [5, 5.41) is 7.28. The molecule has 1 N–H and O–H groups in total. The maximum atomic E-state index is 13.2. The highest BCUT2D eigenvalue weighted by molar-refractivity contribution is 5.92. The monoisotopic (exact) mass is 302 g/mol. The zero-order valence-corrected chi connectivity index (χ0v) is 12.2. The Morgan fingerprint density at radius 3 is 2.77 bits per heavy atom. The summed E-state index contributed by atoms with van der Waals surface area (Å²) in [7, 11) is 1.33. The van der Waals surface area contributed by atoms with Gasteiger partial charge >= 0.3 is 5.97 Å². The van der Waals surface area contributed by atoms with Gasteiger partial charge in [0.1, 0.15) is 18.2 Å². The number of carbonyl (C=O) groups is 1. The number of carbonyl (C=O) groups excluding carboxylic acids is 1. The van der Waals surface area contributed by atoms with Crippen molar-refractivity contribution in [3.63, 3.8) is 0 Å². The van der Waals surface area contributed by atoms with Crippen molar-refractivity contribution in [3.8, 4) is 0 Å². The van der Waals surface area contributed by atoms with Crippen LogP contribution in [0.2, 0.25) is 0 Å². The molecule has 0 saturated carbocycles. The predicted octanol–water partition coefficient (Wildman–Crippen LogP) is 2.27. The van der Waals surface area contributed by atoms with Crippen LogP contribution in [0.3, 0.4) is 0 Å². The second-order valence-electron chi connectivity index (χ2n) is 4.84.